The zero-order valence-electron chi connectivity index (χ0n) is 8.73. The third kappa shape index (κ3) is 2.96. The zero-order chi connectivity index (χ0) is 10.6. The van der Waals surface area contributed by atoms with Crippen molar-refractivity contribution in [2.75, 3.05) is 0 Å². The van der Waals surface area contributed by atoms with Crippen molar-refractivity contribution in [2.45, 2.75) is 39.3 Å². The molecule has 78 valence electrons. The molecule has 0 aliphatic carbocycles. The molecule has 0 saturated carbocycles. The molecule has 1 aromatic rings. The maximum atomic E-state index is 11.3. The molecule has 0 aliphatic heterocycles. The Morgan fingerprint density at radius 2 is 2.36 bits per heavy atom. The summed E-state index contributed by atoms with van der Waals surface area (Å²) in [7, 11) is 0. The lowest BCUT2D eigenvalue weighted by molar-refractivity contribution is 0.497. The molecule has 1 rings (SSSR count). The molecule has 0 amide bonds. The van der Waals surface area contributed by atoms with Crippen LogP contribution in [-0.4, -0.2) is 15.6 Å². The van der Waals surface area contributed by atoms with Gasteiger partial charge in [-0.25, -0.2) is 9.78 Å². The van der Waals surface area contributed by atoms with E-state index in [-0.39, 0.29) is 11.7 Å². The fraction of sp³-hybridized carbons (Fsp3) is 0.600. The first-order valence-electron chi connectivity index (χ1n) is 4.92. The standard InChI is InChI=1S/C10H17N3O/c1-3-4-9(11)7-13-6-8(2)5-12-10(13)14/h5-6,9H,3-4,7,11H2,1-2H3. The van der Waals surface area contributed by atoms with Gasteiger partial charge in [0.25, 0.3) is 0 Å². The highest BCUT2D eigenvalue weighted by atomic mass is 16.1. The van der Waals surface area contributed by atoms with Crippen LogP contribution >= 0.6 is 0 Å². The number of aryl methyl sites for hydroxylation is 1. The van der Waals surface area contributed by atoms with Crippen LogP contribution in [0.5, 0.6) is 0 Å². The third-order valence-electron chi connectivity index (χ3n) is 2.07. The van der Waals surface area contributed by atoms with Crippen LogP contribution in [0, 0.1) is 6.92 Å². The number of nitrogens with zero attached hydrogens (tertiary/aromatic N) is 2. The molecule has 0 fully saturated rings. The molecule has 0 radical (unpaired) electrons. The Hall–Kier alpha value is -1.16. The summed E-state index contributed by atoms with van der Waals surface area (Å²) in [5.41, 5.74) is 6.61. The van der Waals surface area contributed by atoms with Crippen LogP contribution in [-0.2, 0) is 6.54 Å². The summed E-state index contributed by atoms with van der Waals surface area (Å²) >= 11 is 0. The maximum absolute atomic E-state index is 11.3. The molecule has 4 heteroatoms. The average molecular weight is 195 g/mol. The van der Waals surface area contributed by atoms with Gasteiger partial charge in [-0.3, -0.25) is 4.57 Å². The number of rotatable bonds is 4. The minimum Gasteiger partial charge on any atom is -0.326 e. The van der Waals surface area contributed by atoms with Gasteiger partial charge < -0.3 is 5.73 Å². The molecule has 1 aromatic heterocycles. The Labute approximate surface area is 83.8 Å². The first-order chi connectivity index (χ1) is 6.63. The molecule has 2 N–H and O–H groups in total. The van der Waals surface area contributed by atoms with Gasteiger partial charge in [0, 0.05) is 25.0 Å². The van der Waals surface area contributed by atoms with E-state index in [1.165, 1.54) is 0 Å². The van der Waals surface area contributed by atoms with Crippen LogP contribution in [0.15, 0.2) is 17.2 Å². The molecule has 0 saturated heterocycles. The van der Waals surface area contributed by atoms with Crippen molar-refractivity contribution < 1.29 is 0 Å². The minimum absolute atomic E-state index is 0.0429. The van der Waals surface area contributed by atoms with E-state index in [2.05, 4.69) is 11.9 Å². The fourth-order valence-corrected chi connectivity index (χ4v) is 1.41. The third-order valence-corrected chi connectivity index (χ3v) is 2.07. The Balaban J connectivity index is 2.75. The largest absolute Gasteiger partial charge is 0.347 e. The minimum atomic E-state index is -0.220. The average Bonchev–Trinajstić information content (AvgIpc) is 2.12. The highest BCUT2D eigenvalue weighted by Gasteiger charge is 2.04. The predicted molar refractivity (Wildman–Crippen MR) is 56.1 cm³/mol. The SMILES string of the molecule is CCCC(N)Cn1cc(C)cnc1=O. The van der Waals surface area contributed by atoms with E-state index in [0.717, 1.165) is 18.4 Å². The van der Waals surface area contributed by atoms with E-state index in [0.29, 0.717) is 6.54 Å². The van der Waals surface area contributed by atoms with Gasteiger partial charge >= 0.3 is 5.69 Å². The van der Waals surface area contributed by atoms with Crippen LogP contribution in [0.3, 0.4) is 0 Å². The van der Waals surface area contributed by atoms with Gasteiger partial charge in [-0.05, 0) is 18.9 Å². The van der Waals surface area contributed by atoms with Gasteiger partial charge in [-0.1, -0.05) is 13.3 Å². The highest BCUT2D eigenvalue weighted by molar-refractivity contribution is 4.99. The lowest BCUT2D eigenvalue weighted by atomic mass is 10.2. The van der Waals surface area contributed by atoms with Gasteiger partial charge in [0.2, 0.25) is 0 Å². The van der Waals surface area contributed by atoms with E-state index in [9.17, 15) is 4.79 Å². The van der Waals surface area contributed by atoms with Gasteiger partial charge in [-0.2, -0.15) is 0 Å². The van der Waals surface area contributed by atoms with Crippen molar-refractivity contribution in [3.05, 3.63) is 28.4 Å². The predicted octanol–water partition coefficient (Wildman–Crippen LogP) is 0.679. The molecule has 0 aromatic carbocycles. The molecule has 0 bridgehead atoms. The Kier molecular flexibility index (Phi) is 3.83. The lowest BCUT2D eigenvalue weighted by Gasteiger charge is -2.11. The van der Waals surface area contributed by atoms with Crippen molar-refractivity contribution in [2.24, 2.45) is 5.73 Å². The Bertz CT molecular complexity index is 345. The monoisotopic (exact) mass is 195 g/mol. The molecule has 1 heterocycles. The summed E-state index contributed by atoms with van der Waals surface area (Å²) in [6, 6.07) is 0.0429. The molecule has 4 nitrogen and oxygen atoms in total. The Morgan fingerprint density at radius 1 is 1.64 bits per heavy atom. The second-order valence-electron chi connectivity index (χ2n) is 3.62. The van der Waals surface area contributed by atoms with E-state index >= 15 is 0 Å². The molecule has 0 spiro atoms. The summed E-state index contributed by atoms with van der Waals surface area (Å²) in [6.45, 7) is 4.55. The van der Waals surface area contributed by atoms with Crippen LogP contribution in [0.2, 0.25) is 0 Å². The molecular weight excluding hydrogens is 178 g/mol. The topological polar surface area (TPSA) is 60.9 Å². The summed E-state index contributed by atoms with van der Waals surface area (Å²) in [4.78, 5) is 15.1. The lowest BCUT2D eigenvalue weighted by Crippen LogP contribution is -2.32. The van der Waals surface area contributed by atoms with E-state index in [1.807, 2.05) is 6.92 Å². The molecule has 14 heavy (non-hydrogen) atoms. The Morgan fingerprint density at radius 3 is 3.00 bits per heavy atom. The quantitative estimate of drug-likeness (QED) is 0.768. The molecule has 1 unspecified atom stereocenters. The zero-order valence-corrected chi connectivity index (χ0v) is 8.73. The summed E-state index contributed by atoms with van der Waals surface area (Å²) in [5, 5.41) is 0. The number of aromatic nitrogens is 2. The second kappa shape index (κ2) is 4.91. The maximum Gasteiger partial charge on any atom is 0.347 e. The van der Waals surface area contributed by atoms with E-state index < -0.39 is 0 Å². The van der Waals surface area contributed by atoms with Crippen molar-refractivity contribution >= 4 is 0 Å². The van der Waals surface area contributed by atoms with Crippen molar-refractivity contribution in [3.8, 4) is 0 Å². The molecular formula is C10H17N3O. The van der Waals surface area contributed by atoms with E-state index in [4.69, 9.17) is 5.73 Å². The van der Waals surface area contributed by atoms with Gasteiger partial charge in [0.05, 0.1) is 0 Å². The normalized spacial score (nSPS) is 12.8. The van der Waals surface area contributed by atoms with Crippen LogP contribution in [0.1, 0.15) is 25.3 Å². The highest BCUT2D eigenvalue weighted by Crippen LogP contribution is 1.97. The van der Waals surface area contributed by atoms with Crippen molar-refractivity contribution in [3.63, 3.8) is 0 Å². The van der Waals surface area contributed by atoms with Crippen molar-refractivity contribution in [1.29, 1.82) is 0 Å². The van der Waals surface area contributed by atoms with Gasteiger partial charge in [-0.15, -0.1) is 0 Å². The number of hydrogen-bond donors (Lipinski definition) is 1. The smallest absolute Gasteiger partial charge is 0.326 e. The number of hydrogen-bond acceptors (Lipinski definition) is 3. The van der Waals surface area contributed by atoms with E-state index in [1.54, 1.807) is 17.0 Å². The van der Waals surface area contributed by atoms with Gasteiger partial charge in [0.15, 0.2) is 0 Å². The first kappa shape index (κ1) is 10.9. The van der Waals surface area contributed by atoms with Crippen LogP contribution in [0.4, 0.5) is 0 Å². The molecule has 0 aliphatic rings. The number of nitrogens with two attached hydrogens (primary N) is 1. The second-order valence-corrected chi connectivity index (χ2v) is 3.62. The first-order valence-corrected chi connectivity index (χ1v) is 4.92. The summed E-state index contributed by atoms with van der Waals surface area (Å²) in [6.07, 6.45) is 5.34. The van der Waals surface area contributed by atoms with Crippen LogP contribution in [0.25, 0.3) is 0 Å². The van der Waals surface area contributed by atoms with Crippen LogP contribution < -0.4 is 11.4 Å². The summed E-state index contributed by atoms with van der Waals surface area (Å²) < 4.78 is 1.58. The van der Waals surface area contributed by atoms with Crippen molar-refractivity contribution in [1.82, 2.24) is 9.55 Å². The molecule has 1 atom stereocenters. The van der Waals surface area contributed by atoms with Gasteiger partial charge in [0.1, 0.15) is 0 Å². The fourth-order valence-electron chi connectivity index (χ4n) is 1.41. The summed E-state index contributed by atoms with van der Waals surface area (Å²) in [5.74, 6) is 0.